The molecule has 0 radical (unpaired) electrons. The number of nitrogens with one attached hydrogen (secondary N) is 4. The summed E-state index contributed by atoms with van der Waals surface area (Å²) in [5.74, 6) is -1.53. The van der Waals surface area contributed by atoms with Crippen molar-refractivity contribution in [3.05, 3.63) is 18.2 Å². The van der Waals surface area contributed by atoms with Crippen LogP contribution in [0.15, 0.2) is 12.5 Å². The Bertz CT molecular complexity index is 813. The zero-order valence-electron chi connectivity index (χ0n) is 20.8. The maximum Gasteiger partial charge on any atom is 0.326 e. The number of carboxylic acid groups (broad SMARTS) is 1. The number of rotatable bonds is 19. The SMILES string of the molecule is CSCCC(N)C(=O)NC(CCCCN)C(=O)NC(CCSC)C(=O)NC(Cc1cnc[nH]1)C(=O)O. The lowest BCUT2D eigenvalue weighted by Crippen LogP contribution is -2.57. The van der Waals surface area contributed by atoms with Crippen molar-refractivity contribution in [2.75, 3.05) is 30.6 Å². The summed E-state index contributed by atoms with van der Waals surface area (Å²) < 4.78 is 0. The van der Waals surface area contributed by atoms with Gasteiger partial charge < -0.3 is 37.5 Å². The third-order valence-corrected chi connectivity index (χ3v) is 6.67. The highest BCUT2D eigenvalue weighted by Crippen LogP contribution is 2.08. The molecule has 0 aliphatic rings. The highest BCUT2D eigenvalue weighted by Gasteiger charge is 2.30. The fraction of sp³-hybridized carbons (Fsp3) is 0.682. The average molecular weight is 546 g/mol. The molecule has 36 heavy (non-hydrogen) atoms. The van der Waals surface area contributed by atoms with Crippen LogP contribution in [0.4, 0.5) is 0 Å². The molecule has 12 nitrogen and oxygen atoms in total. The van der Waals surface area contributed by atoms with Gasteiger partial charge in [0.2, 0.25) is 17.7 Å². The summed E-state index contributed by atoms with van der Waals surface area (Å²) in [6, 6.07) is -3.83. The standard InChI is InChI=1S/C22H39N7O5S2/c1-35-9-6-15(24)19(30)27-16(5-3-4-8-23)20(31)28-17(7-10-36-2)21(32)29-18(22(33)34)11-14-12-25-13-26-14/h12-13,15-18H,3-11,23-24H2,1-2H3,(H,25,26)(H,27,30)(H,28,31)(H,29,32)(H,33,34). The number of unbranched alkanes of at least 4 members (excludes halogenated alkanes) is 1. The van der Waals surface area contributed by atoms with E-state index in [4.69, 9.17) is 11.5 Å². The van der Waals surface area contributed by atoms with Crippen molar-refractivity contribution in [3.8, 4) is 0 Å². The largest absolute Gasteiger partial charge is 0.480 e. The van der Waals surface area contributed by atoms with Crippen LogP contribution in [-0.2, 0) is 25.6 Å². The topological polar surface area (TPSA) is 205 Å². The lowest BCUT2D eigenvalue weighted by molar-refractivity contribution is -0.142. The molecule has 0 aromatic carbocycles. The van der Waals surface area contributed by atoms with Gasteiger partial charge in [-0.15, -0.1) is 0 Å². The summed E-state index contributed by atoms with van der Waals surface area (Å²) in [6.07, 6.45) is 9.04. The van der Waals surface area contributed by atoms with E-state index in [1.54, 1.807) is 11.8 Å². The van der Waals surface area contributed by atoms with Gasteiger partial charge >= 0.3 is 5.97 Å². The summed E-state index contributed by atoms with van der Waals surface area (Å²) >= 11 is 3.06. The quantitative estimate of drug-likeness (QED) is 0.110. The van der Waals surface area contributed by atoms with Crippen LogP contribution in [0, 0.1) is 0 Å². The van der Waals surface area contributed by atoms with Crippen LogP contribution in [0.25, 0.3) is 0 Å². The Morgan fingerprint density at radius 1 is 0.944 bits per heavy atom. The van der Waals surface area contributed by atoms with Crippen molar-refractivity contribution in [2.24, 2.45) is 11.5 Å². The number of H-pyrrole nitrogens is 1. The average Bonchev–Trinajstić information content (AvgIpc) is 3.36. The molecule has 1 aromatic heterocycles. The van der Waals surface area contributed by atoms with E-state index in [1.165, 1.54) is 24.3 Å². The van der Waals surface area contributed by atoms with Crippen LogP contribution in [0.5, 0.6) is 0 Å². The highest BCUT2D eigenvalue weighted by atomic mass is 32.2. The molecule has 0 bridgehead atoms. The molecule has 1 heterocycles. The van der Waals surface area contributed by atoms with Crippen LogP contribution < -0.4 is 27.4 Å². The van der Waals surface area contributed by atoms with E-state index in [9.17, 15) is 24.3 Å². The maximum atomic E-state index is 13.1. The van der Waals surface area contributed by atoms with Crippen molar-refractivity contribution < 1.29 is 24.3 Å². The van der Waals surface area contributed by atoms with E-state index in [0.717, 1.165) is 0 Å². The molecule has 0 saturated carbocycles. The van der Waals surface area contributed by atoms with Gasteiger partial charge in [-0.25, -0.2) is 9.78 Å². The zero-order chi connectivity index (χ0) is 26.9. The molecule has 204 valence electrons. The van der Waals surface area contributed by atoms with Gasteiger partial charge in [0.05, 0.1) is 12.4 Å². The number of carbonyl (C=O) groups is 4. The molecule has 0 aliphatic heterocycles. The molecule has 3 amide bonds. The predicted molar refractivity (Wildman–Crippen MR) is 143 cm³/mol. The minimum atomic E-state index is -1.21. The zero-order valence-corrected chi connectivity index (χ0v) is 22.5. The number of hydrogen-bond acceptors (Lipinski definition) is 9. The minimum absolute atomic E-state index is 0.00989. The first-order chi connectivity index (χ1) is 17.2. The normalized spacial score (nSPS) is 14.3. The number of amides is 3. The Labute approximate surface area is 220 Å². The lowest BCUT2D eigenvalue weighted by atomic mass is 10.1. The Morgan fingerprint density at radius 2 is 1.53 bits per heavy atom. The molecule has 9 N–H and O–H groups in total. The molecule has 0 saturated heterocycles. The second-order valence-corrected chi connectivity index (χ2v) is 10.2. The molecular weight excluding hydrogens is 506 g/mol. The molecule has 14 heteroatoms. The third-order valence-electron chi connectivity index (χ3n) is 5.39. The second-order valence-electron chi connectivity index (χ2n) is 8.26. The predicted octanol–water partition coefficient (Wildman–Crippen LogP) is -0.546. The number of carbonyl (C=O) groups excluding carboxylic acids is 3. The Balaban J connectivity index is 2.92. The van der Waals surface area contributed by atoms with Gasteiger partial charge in [-0.05, 0) is 62.7 Å². The summed E-state index contributed by atoms with van der Waals surface area (Å²) in [4.78, 5) is 57.1. The Hall–Kier alpha value is -2.29. The van der Waals surface area contributed by atoms with Gasteiger partial charge in [0.15, 0.2) is 0 Å². The van der Waals surface area contributed by atoms with Gasteiger partial charge in [0, 0.05) is 18.3 Å². The number of aromatic nitrogens is 2. The number of hydrogen-bond donors (Lipinski definition) is 7. The van der Waals surface area contributed by atoms with Gasteiger partial charge in [0.1, 0.15) is 18.1 Å². The van der Waals surface area contributed by atoms with Crippen LogP contribution in [0.3, 0.4) is 0 Å². The number of aromatic amines is 1. The van der Waals surface area contributed by atoms with Gasteiger partial charge in [-0.1, -0.05) is 0 Å². The first-order valence-electron chi connectivity index (χ1n) is 11.8. The minimum Gasteiger partial charge on any atom is -0.480 e. The van der Waals surface area contributed by atoms with Crippen LogP contribution in [0.2, 0.25) is 0 Å². The van der Waals surface area contributed by atoms with Crippen molar-refractivity contribution >= 4 is 47.2 Å². The summed E-state index contributed by atoms with van der Waals surface area (Å²) in [7, 11) is 0. The molecule has 0 aliphatic carbocycles. The van der Waals surface area contributed by atoms with Crippen molar-refractivity contribution in [1.29, 1.82) is 0 Å². The molecule has 4 atom stereocenters. The first kappa shape index (κ1) is 31.7. The molecule has 1 rings (SSSR count). The van der Waals surface area contributed by atoms with Crippen molar-refractivity contribution in [1.82, 2.24) is 25.9 Å². The number of carboxylic acids is 1. The van der Waals surface area contributed by atoms with Crippen LogP contribution >= 0.6 is 23.5 Å². The van der Waals surface area contributed by atoms with E-state index in [0.29, 0.717) is 49.4 Å². The fourth-order valence-corrected chi connectivity index (χ4v) is 4.24. The van der Waals surface area contributed by atoms with Crippen LogP contribution in [-0.4, -0.2) is 93.5 Å². The number of imidazole rings is 1. The van der Waals surface area contributed by atoms with Crippen molar-refractivity contribution in [3.63, 3.8) is 0 Å². The van der Waals surface area contributed by atoms with E-state index < -0.39 is 47.9 Å². The van der Waals surface area contributed by atoms with Gasteiger partial charge in [-0.2, -0.15) is 23.5 Å². The fourth-order valence-electron chi connectivity index (χ4n) is 3.28. The van der Waals surface area contributed by atoms with Gasteiger partial charge in [-0.3, -0.25) is 14.4 Å². The molecule has 4 unspecified atom stereocenters. The third kappa shape index (κ3) is 12.1. The van der Waals surface area contributed by atoms with E-state index in [2.05, 4.69) is 25.9 Å². The highest BCUT2D eigenvalue weighted by molar-refractivity contribution is 7.98. The summed E-state index contributed by atoms with van der Waals surface area (Å²) in [5.41, 5.74) is 12.1. The lowest BCUT2D eigenvalue weighted by Gasteiger charge is -2.25. The van der Waals surface area contributed by atoms with Gasteiger partial charge in [0.25, 0.3) is 0 Å². The van der Waals surface area contributed by atoms with E-state index in [1.807, 2.05) is 12.5 Å². The smallest absolute Gasteiger partial charge is 0.326 e. The number of aliphatic carboxylic acids is 1. The second kappa shape index (κ2) is 18.0. The number of nitrogens with two attached hydrogens (primary N) is 2. The first-order valence-corrected chi connectivity index (χ1v) is 14.6. The maximum absolute atomic E-state index is 13.1. The molecule has 0 spiro atoms. The number of thioether (sulfide) groups is 2. The Kier molecular flexibility index (Phi) is 15.9. The molecular formula is C22H39N7O5S2. The van der Waals surface area contributed by atoms with E-state index >= 15 is 0 Å². The summed E-state index contributed by atoms with van der Waals surface area (Å²) in [6.45, 7) is 0.446. The molecule has 1 aromatic rings. The van der Waals surface area contributed by atoms with Crippen LogP contribution in [0.1, 0.15) is 37.8 Å². The van der Waals surface area contributed by atoms with Crippen molar-refractivity contribution in [2.45, 2.75) is 62.7 Å². The monoisotopic (exact) mass is 545 g/mol. The van der Waals surface area contributed by atoms with E-state index in [-0.39, 0.29) is 12.8 Å². The Morgan fingerprint density at radius 3 is 2.08 bits per heavy atom. The summed E-state index contributed by atoms with van der Waals surface area (Å²) in [5, 5.41) is 17.5. The number of nitrogens with zero attached hydrogens (tertiary/aromatic N) is 1. The molecule has 0 fully saturated rings.